The zero-order valence-electron chi connectivity index (χ0n) is 10.2. The monoisotopic (exact) mass is 243 g/mol. The van der Waals surface area contributed by atoms with E-state index in [9.17, 15) is 0 Å². The normalized spacial score (nSPS) is 10.9. The van der Waals surface area contributed by atoms with Gasteiger partial charge in [0.15, 0.2) is 0 Å². The van der Waals surface area contributed by atoms with Gasteiger partial charge in [-0.05, 0) is 32.4 Å². The van der Waals surface area contributed by atoms with Crippen molar-refractivity contribution in [1.29, 1.82) is 0 Å². The molecule has 5 heteroatoms. The molecule has 0 unspecified atom stereocenters. The van der Waals surface area contributed by atoms with Crippen molar-refractivity contribution >= 4 is 17.4 Å². The molecule has 4 nitrogen and oxygen atoms in total. The van der Waals surface area contributed by atoms with Gasteiger partial charge in [0.05, 0.1) is 12.7 Å². The van der Waals surface area contributed by atoms with Crippen LogP contribution in [-0.2, 0) is 4.74 Å². The van der Waals surface area contributed by atoms with Gasteiger partial charge in [-0.2, -0.15) is 0 Å². The van der Waals surface area contributed by atoms with Crippen molar-refractivity contribution in [3.8, 4) is 0 Å². The highest BCUT2D eigenvalue weighted by molar-refractivity contribution is 6.28. The second-order valence-electron chi connectivity index (χ2n) is 3.98. The smallest absolute Gasteiger partial charge is 0.224 e. The van der Waals surface area contributed by atoms with Crippen molar-refractivity contribution in [2.75, 3.05) is 25.1 Å². The second-order valence-corrected chi connectivity index (χ2v) is 4.32. The van der Waals surface area contributed by atoms with Crippen LogP contribution in [0.1, 0.15) is 19.5 Å². The van der Waals surface area contributed by atoms with Crippen LogP contribution < -0.4 is 4.90 Å². The molecule has 90 valence electrons. The molecule has 0 aliphatic rings. The summed E-state index contributed by atoms with van der Waals surface area (Å²) < 4.78 is 5.48. The molecule has 1 aromatic heterocycles. The van der Waals surface area contributed by atoms with E-state index in [1.807, 2.05) is 38.8 Å². The first kappa shape index (κ1) is 13.2. The molecule has 1 aromatic rings. The van der Waals surface area contributed by atoms with E-state index >= 15 is 0 Å². The maximum Gasteiger partial charge on any atom is 0.224 e. The summed E-state index contributed by atoms with van der Waals surface area (Å²) in [6.45, 7) is 7.40. The summed E-state index contributed by atoms with van der Waals surface area (Å²) in [4.78, 5) is 10.2. The summed E-state index contributed by atoms with van der Waals surface area (Å²) in [7, 11) is 1.96. The van der Waals surface area contributed by atoms with E-state index in [2.05, 4.69) is 9.97 Å². The van der Waals surface area contributed by atoms with E-state index < -0.39 is 0 Å². The summed E-state index contributed by atoms with van der Waals surface area (Å²) in [6, 6.07) is 1.90. The van der Waals surface area contributed by atoms with Gasteiger partial charge in [0, 0.05) is 25.4 Å². The highest BCUT2D eigenvalue weighted by Crippen LogP contribution is 2.13. The van der Waals surface area contributed by atoms with E-state index in [-0.39, 0.29) is 11.4 Å². The molecule has 0 bridgehead atoms. The van der Waals surface area contributed by atoms with Gasteiger partial charge in [-0.1, -0.05) is 0 Å². The lowest BCUT2D eigenvalue weighted by atomic mass is 10.4. The van der Waals surface area contributed by atoms with Crippen LogP contribution in [0.4, 0.5) is 5.82 Å². The Morgan fingerprint density at radius 2 is 2.12 bits per heavy atom. The van der Waals surface area contributed by atoms with Crippen LogP contribution >= 0.6 is 11.6 Å². The van der Waals surface area contributed by atoms with Crippen molar-refractivity contribution < 1.29 is 4.74 Å². The average molecular weight is 244 g/mol. The van der Waals surface area contributed by atoms with Gasteiger partial charge in [-0.15, -0.1) is 0 Å². The van der Waals surface area contributed by atoms with Crippen molar-refractivity contribution in [2.45, 2.75) is 26.9 Å². The van der Waals surface area contributed by atoms with Gasteiger partial charge in [-0.3, -0.25) is 0 Å². The van der Waals surface area contributed by atoms with Crippen LogP contribution in [0.15, 0.2) is 6.07 Å². The Hall–Kier alpha value is -0.870. The minimum absolute atomic E-state index is 0.254. The third-order valence-electron chi connectivity index (χ3n) is 2.08. The van der Waals surface area contributed by atoms with E-state index in [4.69, 9.17) is 16.3 Å². The maximum absolute atomic E-state index is 5.80. The number of ether oxygens (including phenoxy) is 1. The molecule has 1 heterocycles. The van der Waals surface area contributed by atoms with E-state index in [1.54, 1.807) is 0 Å². The predicted octanol–water partition coefficient (Wildman–Crippen LogP) is 2.30. The van der Waals surface area contributed by atoms with Gasteiger partial charge >= 0.3 is 0 Å². The fraction of sp³-hybridized carbons (Fsp3) is 0.636. The van der Waals surface area contributed by atoms with E-state index in [0.717, 1.165) is 18.1 Å². The van der Waals surface area contributed by atoms with Crippen LogP contribution in [0, 0.1) is 6.92 Å². The van der Waals surface area contributed by atoms with E-state index in [1.165, 1.54) is 0 Å². The Morgan fingerprint density at radius 1 is 1.44 bits per heavy atom. The molecule has 0 aromatic carbocycles. The van der Waals surface area contributed by atoms with Crippen molar-refractivity contribution in [3.05, 3.63) is 17.0 Å². The fourth-order valence-electron chi connectivity index (χ4n) is 1.25. The Balaban J connectivity index is 2.55. The maximum atomic E-state index is 5.80. The minimum Gasteiger partial charge on any atom is -0.377 e. The second kappa shape index (κ2) is 6.01. The van der Waals surface area contributed by atoms with Crippen molar-refractivity contribution in [2.24, 2.45) is 0 Å². The molecular weight excluding hydrogens is 226 g/mol. The number of nitrogens with zero attached hydrogens (tertiary/aromatic N) is 3. The Bertz CT molecular complexity index is 324. The van der Waals surface area contributed by atoms with Gasteiger partial charge in [0.1, 0.15) is 5.82 Å². The number of hydrogen-bond acceptors (Lipinski definition) is 4. The van der Waals surface area contributed by atoms with E-state index in [0.29, 0.717) is 6.61 Å². The Morgan fingerprint density at radius 3 is 2.69 bits per heavy atom. The number of anilines is 1. The molecule has 0 fully saturated rings. The largest absolute Gasteiger partial charge is 0.377 e. The molecular formula is C11H18ClN3O. The summed E-state index contributed by atoms with van der Waals surface area (Å²) in [5.74, 6) is 0.824. The lowest BCUT2D eigenvalue weighted by Gasteiger charge is -2.19. The number of hydrogen-bond donors (Lipinski definition) is 0. The molecule has 1 rings (SSSR count). The van der Waals surface area contributed by atoms with Crippen LogP contribution in [-0.4, -0.2) is 36.3 Å². The van der Waals surface area contributed by atoms with Crippen LogP contribution in [0.3, 0.4) is 0 Å². The van der Waals surface area contributed by atoms with Crippen LogP contribution in [0.25, 0.3) is 0 Å². The number of aromatic nitrogens is 2. The molecule has 0 N–H and O–H groups in total. The first-order valence-electron chi connectivity index (χ1n) is 5.33. The number of halogens is 1. The first-order chi connectivity index (χ1) is 7.49. The molecule has 0 saturated heterocycles. The SMILES string of the molecule is Cc1cc(N(C)CCOC(C)C)nc(Cl)n1. The predicted molar refractivity (Wildman–Crippen MR) is 66.1 cm³/mol. The van der Waals surface area contributed by atoms with Crippen molar-refractivity contribution in [3.63, 3.8) is 0 Å². The van der Waals surface area contributed by atoms with Gasteiger partial charge in [0.2, 0.25) is 5.28 Å². The molecule has 0 aliphatic heterocycles. The molecule has 0 radical (unpaired) electrons. The minimum atomic E-state index is 0.254. The molecule has 0 spiro atoms. The van der Waals surface area contributed by atoms with Gasteiger partial charge in [0.25, 0.3) is 0 Å². The van der Waals surface area contributed by atoms with Crippen LogP contribution in [0.2, 0.25) is 5.28 Å². The third-order valence-corrected chi connectivity index (χ3v) is 2.25. The molecule has 0 saturated carbocycles. The summed E-state index contributed by atoms with van der Waals surface area (Å²) >= 11 is 5.80. The fourth-order valence-corrected chi connectivity index (χ4v) is 1.47. The summed E-state index contributed by atoms with van der Waals surface area (Å²) in [5, 5.41) is 0.284. The highest BCUT2D eigenvalue weighted by Gasteiger charge is 2.05. The topological polar surface area (TPSA) is 38.2 Å². The average Bonchev–Trinajstić information content (AvgIpc) is 2.15. The first-order valence-corrected chi connectivity index (χ1v) is 5.70. The van der Waals surface area contributed by atoms with Gasteiger partial charge < -0.3 is 9.64 Å². The Labute approximate surface area is 102 Å². The van der Waals surface area contributed by atoms with Crippen LogP contribution in [0.5, 0.6) is 0 Å². The zero-order chi connectivity index (χ0) is 12.1. The number of rotatable bonds is 5. The van der Waals surface area contributed by atoms with Crippen molar-refractivity contribution in [1.82, 2.24) is 9.97 Å². The molecule has 16 heavy (non-hydrogen) atoms. The molecule has 0 atom stereocenters. The molecule has 0 aliphatic carbocycles. The summed E-state index contributed by atoms with van der Waals surface area (Å²) in [5.41, 5.74) is 0.867. The number of likely N-dealkylation sites (N-methyl/N-ethyl adjacent to an activating group) is 1. The summed E-state index contributed by atoms with van der Waals surface area (Å²) in [6.07, 6.45) is 0.254. The lowest BCUT2D eigenvalue weighted by molar-refractivity contribution is 0.0845. The molecule has 0 amide bonds. The zero-order valence-corrected chi connectivity index (χ0v) is 11.0. The number of aryl methyl sites for hydroxylation is 1. The Kier molecular flexibility index (Phi) is 4.96. The van der Waals surface area contributed by atoms with Gasteiger partial charge in [-0.25, -0.2) is 9.97 Å². The lowest BCUT2D eigenvalue weighted by Crippen LogP contribution is -2.25. The standard InChI is InChI=1S/C11H18ClN3O/c1-8(2)16-6-5-15(4)10-7-9(3)13-11(12)14-10/h7-8H,5-6H2,1-4H3. The quantitative estimate of drug-likeness (QED) is 0.744. The third kappa shape index (κ3) is 4.33. The highest BCUT2D eigenvalue weighted by atomic mass is 35.5.